The van der Waals surface area contributed by atoms with Crippen molar-refractivity contribution in [2.75, 3.05) is 19.1 Å². The van der Waals surface area contributed by atoms with Gasteiger partial charge in [0.15, 0.2) is 11.5 Å². The van der Waals surface area contributed by atoms with Crippen molar-refractivity contribution in [2.24, 2.45) is 0 Å². The Kier molecular flexibility index (Phi) is 6.00. The third kappa shape index (κ3) is 4.31. The fourth-order valence-electron chi connectivity index (χ4n) is 3.47. The van der Waals surface area contributed by atoms with Crippen molar-refractivity contribution in [3.63, 3.8) is 0 Å². The Labute approximate surface area is 180 Å². The van der Waals surface area contributed by atoms with E-state index in [1.54, 1.807) is 14.2 Å². The minimum absolute atomic E-state index is 0.191. The standard InChI is InChI=1S/C24H22ClN3O2/c1-29-21-13-19-20(14-22(21)30-2)26-24(25)27-23(19)28(15-17-9-5-3-6-10-17)16-18-11-7-4-8-12-18/h3-14H,15-16H2,1-2H3. The van der Waals surface area contributed by atoms with Gasteiger partial charge in [0.1, 0.15) is 5.82 Å². The summed E-state index contributed by atoms with van der Waals surface area (Å²) >= 11 is 6.32. The highest BCUT2D eigenvalue weighted by Crippen LogP contribution is 2.36. The highest BCUT2D eigenvalue weighted by molar-refractivity contribution is 6.28. The van der Waals surface area contributed by atoms with Crippen molar-refractivity contribution in [1.29, 1.82) is 0 Å². The molecule has 0 spiro atoms. The first-order chi connectivity index (χ1) is 14.7. The number of nitrogens with zero attached hydrogens (tertiary/aromatic N) is 3. The molecule has 0 radical (unpaired) electrons. The van der Waals surface area contributed by atoms with E-state index in [9.17, 15) is 0 Å². The van der Waals surface area contributed by atoms with Gasteiger partial charge in [-0.25, -0.2) is 4.98 Å². The van der Waals surface area contributed by atoms with Gasteiger partial charge >= 0.3 is 0 Å². The molecule has 0 unspecified atom stereocenters. The number of hydrogen-bond donors (Lipinski definition) is 0. The predicted octanol–water partition coefficient (Wildman–Crippen LogP) is 5.51. The summed E-state index contributed by atoms with van der Waals surface area (Å²) in [7, 11) is 3.22. The lowest BCUT2D eigenvalue weighted by Crippen LogP contribution is -2.23. The van der Waals surface area contributed by atoms with Gasteiger partial charge < -0.3 is 14.4 Å². The number of anilines is 1. The highest BCUT2D eigenvalue weighted by atomic mass is 35.5. The lowest BCUT2D eigenvalue weighted by Gasteiger charge is -2.26. The number of hydrogen-bond acceptors (Lipinski definition) is 5. The van der Waals surface area contributed by atoms with Crippen LogP contribution < -0.4 is 14.4 Å². The zero-order valence-corrected chi connectivity index (χ0v) is 17.6. The Balaban J connectivity index is 1.86. The van der Waals surface area contributed by atoms with Crippen molar-refractivity contribution < 1.29 is 9.47 Å². The summed E-state index contributed by atoms with van der Waals surface area (Å²) in [6.07, 6.45) is 0. The van der Waals surface area contributed by atoms with Crippen LogP contribution in [0, 0.1) is 0 Å². The van der Waals surface area contributed by atoms with E-state index in [4.69, 9.17) is 21.1 Å². The predicted molar refractivity (Wildman–Crippen MR) is 120 cm³/mol. The average Bonchev–Trinajstić information content (AvgIpc) is 2.78. The molecule has 0 aliphatic rings. The third-order valence-electron chi connectivity index (χ3n) is 4.89. The summed E-state index contributed by atoms with van der Waals surface area (Å²) in [6, 6.07) is 24.3. The average molecular weight is 420 g/mol. The molecule has 4 aromatic rings. The van der Waals surface area contributed by atoms with Gasteiger partial charge in [0.05, 0.1) is 19.7 Å². The zero-order chi connectivity index (χ0) is 20.9. The smallest absolute Gasteiger partial charge is 0.224 e. The van der Waals surface area contributed by atoms with E-state index in [0.29, 0.717) is 30.1 Å². The maximum atomic E-state index is 6.32. The molecule has 0 saturated heterocycles. The molecule has 0 aliphatic heterocycles. The SMILES string of the molecule is COc1cc2nc(Cl)nc(N(Cc3ccccc3)Cc3ccccc3)c2cc1OC. The number of ether oxygens (including phenoxy) is 2. The van der Waals surface area contributed by atoms with Crippen molar-refractivity contribution in [2.45, 2.75) is 13.1 Å². The Morgan fingerprint density at radius 1 is 0.767 bits per heavy atom. The summed E-state index contributed by atoms with van der Waals surface area (Å²) in [6.45, 7) is 1.35. The quantitative estimate of drug-likeness (QED) is 0.370. The molecule has 0 N–H and O–H groups in total. The van der Waals surface area contributed by atoms with Crippen molar-refractivity contribution >= 4 is 28.3 Å². The van der Waals surface area contributed by atoms with E-state index in [-0.39, 0.29) is 5.28 Å². The molecule has 5 nitrogen and oxygen atoms in total. The van der Waals surface area contributed by atoms with Crippen LogP contribution >= 0.6 is 11.6 Å². The zero-order valence-electron chi connectivity index (χ0n) is 16.9. The van der Waals surface area contributed by atoms with Gasteiger partial charge in [-0.1, -0.05) is 60.7 Å². The van der Waals surface area contributed by atoms with Gasteiger partial charge in [0.2, 0.25) is 5.28 Å². The monoisotopic (exact) mass is 419 g/mol. The number of methoxy groups -OCH3 is 2. The van der Waals surface area contributed by atoms with Crippen LogP contribution in [0.25, 0.3) is 10.9 Å². The van der Waals surface area contributed by atoms with E-state index in [0.717, 1.165) is 11.2 Å². The third-order valence-corrected chi connectivity index (χ3v) is 5.05. The van der Waals surface area contributed by atoms with Crippen molar-refractivity contribution in [3.8, 4) is 11.5 Å². The van der Waals surface area contributed by atoms with Gasteiger partial charge in [-0.3, -0.25) is 0 Å². The van der Waals surface area contributed by atoms with E-state index in [2.05, 4.69) is 39.1 Å². The summed E-state index contributed by atoms with van der Waals surface area (Å²) < 4.78 is 10.9. The number of aromatic nitrogens is 2. The Bertz CT molecular complexity index is 1100. The van der Waals surface area contributed by atoms with E-state index in [1.807, 2.05) is 48.5 Å². The van der Waals surface area contributed by atoms with Crippen LogP contribution in [0.15, 0.2) is 72.8 Å². The number of fused-ring (bicyclic) bond motifs is 1. The summed E-state index contributed by atoms with van der Waals surface area (Å²) in [5.74, 6) is 1.97. The van der Waals surface area contributed by atoms with Gasteiger partial charge in [-0.2, -0.15) is 4.98 Å². The number of benzene rings is 3. The van der Waals surface area contributed by atoms with Crippen LogP contribution in [0.2, 0.25) is 5.28 Å². The van der Waals surface area contributed by atoms with Crippen LogP contribution in [0.4, 0.5) is 5.82 Å². The summed E-state index contributed by atoms with van der Waals surface area (Å²) in [4.78, 5) is 11.2. The van der Waals surface area contributed by atoms with E-state index < -0.39 is 0 Å². The molecule has 152 valence electrons. The maximum Gasteiger partial charge on any atom is 0.224 e. The summed E-state index contributed by atoms with van der Waals surface area (Å²) in [5, 5.41) is 1.04. The number of rotatable bonds is 7. The highest BCUT2D eigenvalue weighted by Gasteiger charge is 2.18. The maximum absolute atomic E-state index is 6.32. The Morgan fingerprint density at radius 3 is 1.83 bits per heavy atom. The molecule has 0 saturated carbocycles. The Hall–Kier alpha value is -3.31. The topological polar surface area (TPSA) is 47.5 Å². The molecule has 0 fully saturated rings. The van der Waals surface area contributed by atoms with Gasteiger partial charge in [0.25, 0.3) is 0 Å². The van der Waals surface area contributed by atoms with Crippen molar-refractivity contribution in [3.05, 3.63) is 89.2 Å². The second kappa shape index (κ2) is 9.01. The fourth-order valence-corrected chi connectivity index (χ4v) is 3.64. The molecule has 0 atom stereocenters. The molecule has 1 heterocycles. The Morgan fingerprint density at radius 2 is 1.30 bits per heavy atom. The molecule has 1 aromatic heterocycles. The number of halogens is 1. The first kappa shape index (κ1) is 20.0. The molecule has 3 aromatic carbocycles. The second-order valence-corrected chi connectivity index (χ2v) is 7.21. The molecular formula is C24H22ClN3O2. The minimum Gasteiger partial charge on any atom is -0.493 e. The van der Waals surface area contributed by atoms with Crippen LogP contribution in [0.3, 0.4) is 0 Å². The first-order valence-electron chi connectivity index (χ1n) is 9.60. The van der Waals surface area contributed by atoms with Gasteiger partial charge in [0, 0.05) is 24.5 Å². The normalized spacial score (nSPS) is 10.8. The fraction of sp³-hybridized carbons (Fsp3) is 0.167. The molecule has 0 bridgehead atoms. The molecule has 0 amide bonds. The van der Waals surface area contributed by atoms with E-state index in [1.165, 1.54) is 11.1 Å². The molecule has 6 heteroatoms. The second-order valence-electron chi connectivity index (χ2n) is 6.87. The van der Waals surface area contributed by atoms with Crippen LogP contribution in [-0.4, -0.2) is 24.2 Å². The van der Waals surface area contributed by atoms with Crippen LogP contribution in [-0.2, 0) is 13.1 Å². The first-order valence-corrected chi connectivity index (χ1v) is 9.98. The van der Waals surface area contributed by atoms with E-state index >= 15 is 0 Å². The molecule has 30 heavy (non-hydrogen) atoms. The van der Waals surface area contributed by atoms with Crippen LogP contribution in [0.5, 0.6) is 11.5 Å². The lowest BCUT2D eigenvalue weighted by molar-refractivity contribution is 0.356. The summed E-state index contributed by atoms with van der Waals surface area (Å²) in [5.41, 5.74) is 3.06. The minimum atomic E-state index is 0.191. The largest absolute Gasteiger partial charge is 0.493 e. The molecule has 4 rings (SSSR count). The van der Waals surface area contributed by atoms with Crippen molar-refractivity contribution in [1.82, 2.24) is 9.97 Å². The molecule has 0 aliphatic carbocycles. The van der Waals surface area contributed by atoms with Gasteiger partial charge in [-0.05, 0) is 28.8 Å². The van der Waals surface area contributed by atoms with Gasteiger partial charge in [-0.15, -0.1) is 0 Å². The lowest BCUT2D eigenvalue weighted by atomic mass is 10.1. The van der Waals surface area contributed by atoms with Crippen LogP contribution in [0.1, 0.15) is 11.1 Å². The molecular weight excluding hydrogens is 398 g/mol.